The van der Waals surface area contributed by atoms with Crippen LogP contribution in [0.25, 0.3) is 0 Å². The zero-order valence-electron chi connectivity index (χ0n) is 7.63. The molecule has 0 N–H and O–H groups in total. The Morgan fingerprint density at radius 2 is 2.29 bits per heavy atom. The molecule has 0 fully saturated rings. The van der Waals surface area contributed by atoms with E-state index in [4.69, 9.17) is 11.6 Å². The van der Waals surface area contributed by atoms with Gasteiger partial charge >= 0.3 is 0 Å². The lowest BCUT2D eigenvalue weighted by Crippen LogP contribution is -2.04. The first-order valence-electron chi connectivity index (χ1n) is 4.08. The normalized spacial score (nSPS) is 12.6. The summed E-state index contributed by atoms with van der Waals surface area (Å²) in [7, 11) is 0. The molecule has 0 aliphatic carbocycles. The van der Waals surface area contributed by atoms with Gasteiger partial charge in [0.2, 0.25) is 0 Å². The molecule has 0 bridgehead atoms. The lowest BCUT2D eigenvalue weighted by molar-refractivity contribution is -0.116. The van der Waals surface area contributed by atoms with Crippen LogP contribution in [0.4, 0.5) is 0 Å². The van der Waals surface area contributed by atoms with Gasteiger partial charge in [0.15, 0.2) is 0 Å². The minimum atomic E-state index is -0.289. The van der Waals surface area contributed by atoms with E-state index < -0.39 is 0 Å². The summed E-state index contributed by atoms with van der Waals surface area (Å²) in [5.41, 5.74) is 1.86. The van der Waals surface area contributed by atoms with E-state index in [1.807, 2.05) is 18.2 Å². The number of benzene rings is 1. The first kappa shape index (κ1) is 12.1. The Balaban J connectivity index is 3.16. The van der Waals surface area contributed by atoms with E-state index in [0.29, 0.717) is 5.88 Å². The lowest BCUT2D eigenvalue weighted by Gasteiger charge is -2.11. The zero-order chi connectivity index (χ0) is 10.7. The monoisotopic (exact) mass is 292 g/mol. The summed E-state index contributed by atoms with van der Waals surface area (Å²) < 4.78 is 0. The fourth-order valence-corrected chi connectivity index (χ4v) is 2.04. The Hall–Kier alpha value is 0.01000. The van der Waals surface area contributed by atoms with Gasteiger partial charge in [0.05, 0.1) is 4.83 Å². The molecule has 76 valence electrons. The Labute approximate surface area is 102 Å². The number of rotatable bonds is 3. The minimum Gasteiger partial charge on any atom is -0.298 e. The van der Waals surface area contributed by atoms with E-state index in [0.717, 1.165) is 16.0 Å². The number of hydrogen-bond acceptors (Lipinski definition) is 2. The quantitative estimate of drug-likeness (QED) is 0.663. The molecule has 0 heterocycles. The fraction of sp³-hybridized carbons (Fsp3) is 0.300. The smallest absolute Gasteiger partial charge is 0.147 e. The molecule has 1 aromatic rings. The van der Waals surface area contributed by atoms with Crippen LogP contribution in [0.5, 0.6) is 0 Å². The number of Topliss-reactive ketones (excluding diaryl/α,β-unsaturated/α-hetero) is 1. The van der Waals surface area contributed by atoms with Crippen molar-refractivity contribution < 1.29 is 4.79 Å². The number of carbonyl (C=O) groups excluding carboxylic acids is 1. The van der Waals surface area contributed by atoms with E-state index in [9.17, 15) is 4.79 Å². The van der Waals surface area contributed by atoms with Gasteiger partial charge in [-0.1, -0.05) is 22.0 Å². The van der Waals surface area contributed by atoms with Crippen LogP contribution in [0.2, 0.25) is 0 Å². The van der Waals surface area contributed by atoms with Crippen molar-refractivity contribution in [3.05, 3.63) is 29.3 Å². The first-order valence-corrected chi connectivity index (χ1v) is 5.98. The SMILES string of the molecule is CC(=O)C(Br)c1cc(S)ccc1CCl. The summed E-state index contributed by atoms with van der Waals surface area (Å²) in [5, 5.41) is 0. The number of alkyl halides is 2. The molecule has 0 aromatic heterocycles. The molecule has 0 saturated carbocycles. The summed E-state index contributed by atoms with van der Waals surface area (Å²) in [4.78, 5) is 11.8. The molecule has 0 saturated heterocycles. The molecular weight excluding hydrogens is 284 g/mol. The highest BCUT2D eigenvalue weighted by Crippen LogP contribution is 2.29. The average molecular weight is 294 g/mol. The molecule has 0 spiro atoms. The van der Waals surface area contributed by atoms with Gasteiger partial charge in [0.25, 0.3) is 0 Å². The molecule has 0 radical (unpaired) electrons. The predicted molar refractivity (Wildman–Crippen MR) is 65.6 cm³/mol. The molecular formula is C10H10BrClOS. The van der Waals surface area contributed by atoms with Crippen LogP contribution < -0.4 is 0 Å². The Kier molecular flexibility index (Phi) is 4.48. The van der Waals surface area contributed by atoms with Gasteiger partial charge in [-0.3, -0.25) is 4.79 Å². The zero-order valence-corrected chi connectivity index (χ0v) is 10.9. The molecule has 1 atom stereocenters. The standard InChI is InChI=1S/C10H10BrClOS/c1-6(13)10(11)9-4-8(14)3-2-7(9)5-12/h2-4,10,14H,5H2,1H3. The highest BCUT2D eigenvalue weighted by atomic mass is 79.9. The number of hydrogen-bond donors (Lipinski definition) is 1. The minimum absolute atomic E-state index is 0.0651. The van der Waals surface area contributed by atoms with Gasteiger partial charge in [0, 0.05) is 10.8 Å². The van der Waals surface area contributed by atoms with Crippen molar-refractivity contribution in [2.24, 2.45) is 0 Å². The van der Waals surface area contributed by atoms with Crippen molar-refractivity contribution in [1.82, 2.24) is 0 Å². The van der Waals surface area contributed by atoms with Crippen LogP contribution in [0, 0.1) is 0 Å². The molecule has 1 aromatic carbocycles. The van der Waals surface area contributed by atoms with Crippen LogP contribution in [-0.4, -0.2) is 5.78 Å². The molecule has 0 aliphatic heterocycles. The third kappa shape index (κ3) is 2.75. The van der Waals surface area contributed by atoms with Crippen molar-refractivity contribution in [1.29, 1.82) is 0 Å². The van der Waals surface area contributed by atoms with Crippen LogP contribution in [0.1, 0.15) is 22.9 Å². The number of ketones is 1. The van der Waals surface area contributed by atoms with E-state index in [2.05, 4.69) is 28.6 Å². The predicted octanol–water partition coefficient (Wildman–Crippen LogP) is 3.74. The van der Waals surface area contributed by atoms with Gasteiger partial charge in [-0.2, -0.15) is 0 Å². The van der Waals surface area contributed by atoms with Crippen molar-refractivity contribution in [3.8, 4) is 0 Å². The first-order chi connectivity index (χ1) is 6.56. The Morgan fingerprint density at radius 1 is 1.64 bits per heavy atom. The second-order valence-electron chi connectivity index (χ2n) is 2.99. The summed E-state index contributed by atoms with van der Waals surface area (Å²) in [6.45, 7) is 1.54. The van der Waals surface area contributed by atoms with Gasteiger partial charge in [0.1, 0.15) is 5.78 Å². The summed E-state index contributed by atoms with van der Waals surface area (Å²) in [6.07, 6.45) is 0. The van der Waals surface area contributed by atoms with E-state index in [1.165, 1.54) is 0 Å². The topological polar surface area (TPSA) is 17.1 Å². The largest absolute Gasteiger partial charge is 0.298 e. The second-order valence-corrected chi connectivity index (χ2v) is 4.69. The van der Waals surface area contributed by atoms with Crippen molar-refractivity contribution in [2.45, 2.75) is 22.5 Å². The van der Waals surface area contributed by atoms with Gasteiger partial charge in [-0.15, -0.1) is 24.2 Å². The second kappa shape index (κ2) is 5.19. The number of halogens is 2. The van der Waals surface area contributed by atoms with Crippen LogP contribution in [0.15, 0.2) is 23.1 Å². The molecule has 14 heavy (non-hydrogen) atoms. The summed E-state index contributed by atoms with van der Waals surface area (Å²) in [5.74, 6) is 0.467. The molecule has 0 amide bonds. The molecule has 0 aliphatic rings. The number of carbonyl (C=O) groups is 1. The molecule has 1 nitrogen and oxygen atoms in total. The fourth-order valence-electron chi connectivity index (χ4n) is 1.16. The van der Waals surface area contributed by atoms with Crippen molar-refractivity contribution >= 4 is 45.9 Å². The van der Waals surface area contributed by atoms with E-state index >= 15 is 0 Å². The molecule has 1 unspecified atom stereocenters. The van der Waals surface area contributed by atoms with Crippen molar-refractivity contribution in [2.75, 3.05) is 0 Å². The maximum absolute atomic E-state index is 11.2. The average Bonchev–Trinajstić information content (AvgIpc) is 2.16. The van der Waals surface area contributed by atoms with E-state index in [-0.39, 0.29) is 10.6 Å². The van der Waals surface area contributed by atoms with Gasteiger partial charge in [-0.05, 0) is 30.2 Å². The van der Waals surface area contributed by atoms with Crippen LogP contribution in [-0.2, 0) is 10.7 Å². The van der Waals surface area contributed by atoms with Gasteiger partial charge < -0.3 is 0 Å². The Bertz CT molecular complexity index is 354. The van der Waals surface area contributed by atoms with Crippen LogP contribution in [0.3, 0.4) is 0 Å². The van der Waals surface area contributed by atoms with Gasteiger partial charge in [-0.25, -0.2) is 0 Å². The summed E-state index contributed by atoms with van der Waals surface area (Å²) >= 11 is 13.3. The van der Waals surface area contributed by atoms with Crippen LogP contribution >= 0.6 is 40.2 Å². The van der Waals surface area contributed by atoms with Crippen molar-refractivity contribution in [3.63, 3.8) is 0 Å². The third-order valence-electron chi connectivity index (χ3n) is 1.90. The highest BCUT2D eigenvalue weighted by Gasteiger charge is 2.16. The third-order valence-corrected chi connectivity index (χ3v) is 3.61. The van der Waals surface area contributed by atoms with E-state index in [1.54, 1.807) is 6.92 Å². The highest BCUT2D eigenvalue weighted by molar-refractivity contribution is 9.09. The number of thiol groups is 1. The maximum atomic E-state index is 11.2. The Morgan fingerprint density at radius 3 is 2.79 bits per heavy atom. The summed E-state index contributed by atoms with van der Waals surface area (Å²) in [6, 6.07) is 5.62. The molecule has 1 rings (SSSR count). The maximum Gasteiger partial charge on any atom is 0.147 e. The lowest BCUT2D eigenvalue weighted by atomic mass is 10.0. The molecule has 4 heteroatoms.